The summed E-state index contributed by atoms with van der Waals surface area (Å²) in [6.45, 7) is 4.39. The van der Waals surface area contributed by atoms with Gasteiger partial charge in [-0.2, -0.15) is 0 Å². The molecule has 72 valence electrons. The van der Waals surface area contributed by atoms with Crippen LogP contribution in [-0.2, 0) is 14.3 Å². The lowest BCUT2D eigenvalue weighted by Crippen LogP contribution is -2.36. The highest BCUT2D eigenvalue weighted by Gasteiger charge is 2.45. The van der Waals surface area contributed by atoms with Crippen LogP contribution >= 0.6 is 0 Å². The summed E-state index contributed by atoms with van der Waals surface area (Å²) in [5.41, 5.74) is -0.517. The van der Waals surface area contributed by atoms with Crippen molar-refractivity contribution in [3.8, 4) is 12.3 Å². The van der Waals surface area contributed by atoms with Gasteiger partial charge < -0.3 is 9.47 Å². The summed E-state index contributed by atoms with van der Waals surface area (Å²) in [5, 5.41) is 0. The summed E-state index contributed by atoms with van der Waals surface area (Å²) < 4.78 is 10.2. The molecule has 3 nitrogen and oxygen atoms in total. The lowest BCUT2D eigenvalue weighted by Gasteiger charge is -2.24. The van der Waals surface area contributed by atoms with Gasteiger partial charge in [0.15, 0.2) is 6.61 Å². The van der Waals surface area contributed by atoms with E-state index in [0.717, 1.165) is 0 Å². The Hall–Kier alpha value is -1.01. The highest BCUT2D eigenvalue weighted by Crippen LogP contribution is 2.35. The Kier molecular flexibility index (Phi) is 2.94. The molecule has 2 unspecified atom stereocenters. The van der Waals surface area contributed by atoms with Crippen LogP contribution < -0.4 is 0 Å². The maximum atomic E-state index is 11.5. The number of hydrogen-bond acceptors (Lipinski definition) is 3. The molecule has 0 bridgehead atoms. The standard InChI is InChI=1S/C10H14O3/c1-4-6-13-9(11)10(3)5-7-12-8(10)2/h1,8H,5-7H2,2-3H3. The van der Waals surface area contributed by atoms with Gasteiger partial charge in [0, 0.05) is 6.61 Å². The van der Waals surface area contributed by atoms with Crippen LogP contribution in [0.3, 0.4) is 0 Å². The van der Waals surface area contributed by atoms with E-state index in [9.17, 15) is 4.79 Å². The number of terminal acetylenes is 1. The second-order valence-corrected chi connectivity index (χ2v) is 3.46. The third-order valence-electron chi connectivity index (χ3n) is 2.64. The molecule has 1 heterocycles. The predicted molar refractivity (Wildman–Crippen MR) is 47.9 cm³/mol. The van der Waals surface area contributed by atoms with E-state index in [1.807, 2.05) is 13.8 Å². The zero-order chi connectivity index (χ0) is 9.90. The summed E-state index contributed by atoms with van der Waals surface area (Å²) in [6, 6.07) is 0. The number of esters is 1. The number of hydrogen-bond donors (Lipinski definition) is 0. The van der Waals surface area contributed by atoms with Gasteiger partial charge in [-0.15, -0.1) is 6.42 Å². The Morgan fingerprint density at radius 3 is 3.00 bits per heavy atom. The molecule has 2 atom stereocenters. The largest absolute Gasteiger partial charge is 0.452 e. The summed E-state index contributed by atoms with van der Waals surface area (Å²) in [5.74, 6) is 2.02. The fourth-order valence-corrected chi connectivity index (χ4v) is 1.38. The summed E-state index contributed by atoms with van der Waals surface area (Å²) in [7, 11) is 0. The Morgan fingerprint density at radius 2 is 2.54 bits per heavy atom. The Morgan fingerprint density at radius 1 is 1.85 bits per heavy atom. The highest BCUT2D eigenvalue weighted by atomic mass is 16.5. The number of carbonyl (C=O) groups excluding carboxylic acids is 1. The minimum Gasteiger partial charge on any atom is -0.452 e. The average Bonchev–Trinajstić information content (AvgIpc) is 2.44. The second-order valence-electron chi connectivity index (χ2n) is 3.46. The highest BCUT2D eigenvalue weighted by molar-refractivity contribution is 5.77. The summed E-state index contributed by atoms with van der Waals surface area (Å²) >= 11 is 0. The first-order valence-corrected chi connectivity index (χ1v) is 4.33. The van der Waals surface area contributed by atoms with Gasteiger partial charge in [-0.1, -0.05) is 5.92 Å². The normalized spacial score (nSPS) is 32.5. The van der Waals surface area contributed by atoms with Crippen molar-refractivity contribution in [2.24, 2.45) is 5.41 Å². The molecule has 0 N–H and O–H groups in total. The van der Waals surface area contributed by atoms with Crippen molar-refractivity contribution in [1.29, 1.82) is 0 Å². The molecule has 1 aliphatic rings. The van der Waals surface area contributed by atoms with E-state index in [1.54, 1.807) is 0 Å². The average molecular weight is 182 g/mol. The van der Waals surface area contributed by atoms with Gasteiger partial charge in [-0.05, 0) is 20.3 Å². The molecular formula is C10H14O3. The van der Waals surface area contributed by atoms with E-state index in [2.05, 4.69) is 5.92 Å². The molecule has 0 aromatic heterocycles. The third-order valence-corrected chi connectivity index (χ3v) is 2.64. The third kappa shape index (κ3) is 1.84. The van der Waals surface area contributed by atoms with E-state index in [1.165, 1.54) is 0 Å². The lowest BCUT2D eigenvalue weighted by molar-refractivity contribution is -0.156. The number of ether oxygens (including phenoxy) is 2. The molecule has 0 radical (unpaired) electrons. The molecule has 1 rings (SSSR count). The van der Waals surface area contributed by atoms with E-state index in [4.69, 9.17) is 15.9 Å². The van der Waals surface area contributed by atoms with Crippen LogP contribution in [0.1, 0.15) is 20.3 Å². The smallest absolute Gasteiger partial charge is 0.315 e. The van der Waals surface area contributed by atoms with Gasteiger partial charge in [0.05, 0.1) is 11.5 Å². The van der Waals surface area contributed by atoms with Gasteiger partial charge in [0.1, 0.15) is 0 Å². The van der Waals surface area contributed by atoms with E-state index >= 15 is 0 Å². The van der Waals surface area contributed by atoms with Crippen LogP contribution in [0.25, 0.3) is 0 Å². The SMILES string of the molecule is C#CCOC(=O)C1(C)CCOC1C. The van der Waals surface area contributed by atoms with Crippen molar-refractivity contribution in [2.45, 2.75) is 26.4 Å². The number of rotatable bonds is 2. The van der Waals surface area contributed by atoms with Crippen molar-refractivity contribution in [3.05, 3.63) is 0 Å². The van der Waals surface area contributed by atoms with E-state index in [-0.39, 0.29) is 18.7 Å². The summed E-state index contributed by atoms with van der Waals surface area (Å²) in [4.78, 5) is 11.5. The molecule has 0 aliphatic carbocycles. The van der Waals surface area contributed by atoms with Crippen molar-refractivity contribution in [3.63, 3.8) is 0 Å². The first-order valence-electron chi connectivity index (χ1n) is 4.33. The second kappa shape index (κ2) is 3.80. The zero-order valence-corrected chi connectivity index (χ0v) is 8.00. The quantitative estimate of drug-likeness (QED) is 0.471. The van der Waals surface area contributed by atoms with Crippen LogP contribution in [0.4, 0.5) is 0 Å². The Balaban J connectivity index is 2.59. The molecule has 13 heavy (non-hydrogen) atoms. The monoisotopic (exact) mass is 182 g/mol. The van der Waals surface area contributed by atoms with Gasteiger partial charge >= 0.3 is 5.97 Å². The maximum absolute atomic E-state index is 11.5. The van der Waals surface area contributed by atoms with Gasteiger partial charge in [-0.3, -0.25) is 4.79 Å². The van der Waals surface area contributed by atoms with Crippen LogP contribution in [0, 0.1) is 17.8 Å². The summed E-state index contributed by atoms with van der Waals surface area (Å²) in [6.07, 6.45) is 5.62. The molecule has 0 aromatic carbocycles. The van der Waals surface area contributed by atoms with Gasteiger partial charge in [0.2, 0.25) is 0 Å². The predicted octanol–water partition coefficient (Wildman–Crippen LogP) is 0.978. The molecule has 0 spiro atoms. The Labute approximate surface area is 78.4 Å². The van der Waals surface area contributed by atoms with Gasteiger partial charge in [-0.25, -0.2) is 0 Å². The van der Waals surface area contributed by atoms with Crippen molar-refractivity contribution < 1.29 is 14.3 Å². The van der Waals surface area contributed by atoms with Crippen molar-refractivity contribution in [1.82, 2.24) is 0 Å². The molecule has 0 aromatic rings. The Bertz CT molecular complexity index is 241. The van der Waals surface area contributed by atoms with Crippen LogP contribution in [0.15, 0.2) is 0 Å². The lowest BCUT2D eigenvalue weighted by atomic mass is 9.84. The molecule has 3 heteroatoms. The fraction of sp³-hybridized carbons (Fsp3) is 0.700. The van der Waals surface area contributed by atoms with E-state index < -0.39 is 5.41 Å². The van der Waals surface area contributed by atoms with E-state index in [0.29, 0.717) is 13.0 Å². The fourth-order valence-electron chi connectivity index (χ4n) is 1.38. The maximum Gasteiger partial charge on any atom is 0.315 e. The molecule has 1 aliphatic heterocycles. The van der Waals surface area contributed by atoms with Crippen molar-refractivity contribution >= 4 is 5.97 Å². The first kappa shape index (κ1) is 10.1. The molecule has 1 saturated heterocycles. The first-order chi connectivity index (χ1) is 6.11. The molecule has 1 fully saturated rings. The van der Waals surface area contributed by atoms with Gasteiger partial charge in [0.25, 0.3) is 0 Å². The molecule has 0 amide bonds. The topological polar surface area (TPSA) is 35.5 Å². The minimum absolute atomic E-state index is 0.0428. The van der Waals surface area contributed by atoms with Crippen LogP contribution in [-0.4, -0.2) is 25.3 Å². The molecule has 0 saturated carbocycles. The zero-order valence-electron chi connectivity index (χ0n) is 8.00. The van der Waals surface area contributed by atoms with Crippen LogP contribution in [0.2, 0.25) is 0 Å². The number of carbonyl (C=O) groups is 1. The molecular weight excluding hydrogens is 168 g/mol. The minimum atomic E-state index is -0.517. The van der Waals surface area contributed by atoms with Crippen LogP contribution in [0.5, 0.6) is 0 Å². The van der Waals surface area contributed by atoms with Crippen molar-refractivity contribution in [2.75, 3.05) is 13.2 Å².